The van der Waals surface area contributed by atoms with E-state index in [4.69, 9.17) is 19.6 Å². The van der Waals surface area contributed by atoms with E-state index < -0.39 is 11.6 Å². The molecule has 0 fully saturated rings. The summed E-state index contributed by atoms with van der Waals surface area (Å²) < 4.78 is 13.7. The van der Waals surface area contributed by atoms with E-state index in [1.54, 1.807) is 0 Å². The van der Waals surface area contributed by atoms with E-state index in [-0.39, 0.29) is 17.6 Å². The van der Waals surface area contributed by atoms with Gasteiger partial charge in [0.25, 0.3) is 5.91 Å². The molecule has 0 spiro atoms. The Bertz CT molecular complexity index is 2100. The van der Waals surface area contributed by atoms with Crippen LogP contribution in [-0.2, 0) is 33.8 Å². The lowest BCUT2D eigenvalue weighted by Crippen LogP contribution is -2.33. The molecule has 0 saturated carbocycles. The zero-order valence-corrected chi connectivity index (χ0v) is 32.3. The average molecular weight is 737 g/mol. The number of esters is 2. The monoisotopic (exact) mass is 736 g/mol. The van der Waals surface area contributed by atoms with Crippen LogP contribution in [0.15, 0.2) is 54.6 Å². The molecule has 1 aliphatic heterocycles. The van der Waals surface area contributed by atoms with Crippen LogP contribution in [0.3, 0.4) is 0 Å². The predicted octanol–water partition coefficient (Wildman–Crippen LogP) is 8.46. The maximum Gasteiger partial charge on any atom is 0.358 e. The van der Waals surface area contributed by atoms with Crippen LogP contribution >= 0.6 is 11.3 Å². The molecule has 4 heterocycles. The van der Waals surface area contributed by atoms with Crippen LogP contribution in [0.25, 0.3) is 21.3 Å². The number of amides is 1. The first-order valence-corrected chi connectivity index (χ1v) is 19.1. The molecule has 0 bridgehead atoms. The molecule has 1 aliphatic rings. The highest BCUT2D eigenvalue weighted by atomic mass is 32.1. The van der Waals surface area contributed by atoms with Crippen LogP contribution in [0.1, 0.15) is 103 Å². The van der Waals surface area contributed by atoms with Crippen LogP contribution in [0.5, 0.6) is 0 Å². The third kappa shape index (κ3) is 8.93. The van der Waals surface area contributed by atoms with Gasteiger partial charge in [-0.25, -0.2) is 14.8 Å². The third-order valence-corrected chi connectivity index (χ3v) is 10.4. The number of pyridine rings is 1. The fourth-order valence-electron chi connectivity index (χ4n) is 6.86. The molecule has 0 aliphatic carbocycles. The van der Waals surface area contributed by atoms with Crippen LogP contribution in [0.2, 0.25) is 0 Å². The zero-order chi connectivity index (χ0) is 37.7. The first-order chi connectivity index (χ1) is 25.4. The minimum Gasteiger partial charge on any atom is -0.469 e. The predicted molar refractivity (Wildman–Crippen MR) is 209 cm³/mol. The van der Waals surface area contributed by atoms with Crippen molar-refractivity contribution in [3.05, 3.63) is 88.4 Å². The molecule has 0 saturated heterocycles. The van der Waals surface area contributed by atoms with Crippen LogP contribution in [0.4, 0.5) is 10.9 Å². The highest BCUT2D eigenvalue weighted by molar-refractivity contribution is 7.22. The lowest BCUT2D eigenvalue weighted by Gasteiger charge is -2.31. The molecule has 3 aromatic heterocycles. The number of ether oxygens (including phenoxy) is 2. The number of benzene rings is 2. The number of aromatic nitrogens is 4. The maximum atomic E-state index is 13.8. The molecule has 5 aromatic rings. The molecule has 278 valence electrons. The Balaban J connectivity index is 1.23. The van der Waals surface area contributed by atoms with E-state index in [0.29, 0.717) is 41.6 Å². The molecule has 12 heteroatoms. The molecule has 53 heavy (non-hydrogen) atoms. The SMILES string of the molecule is COC(=O)CCCCCCCn1nc(C)c(-c2ccc(N3CCc4cccc(C(=O)Nc5nc6ccccc6s5)c4C3)nc2C(=O)OC(C)(C)C)c1C. The number of unbranched alkanes of at least 4 members (excludes halogenated alkanes) is 4. The Morgan fingerprint density at radius 2 is 1.70 bits per heavy atom. The largest absolute Gasteiger partial charge is 0.469 e. The summed E-state index contributed by atoms with van der Waals surface area (Å²) in [4.78, 5) is 50.5. The first-order valence-electron chi connectivity index (χ1n) is 18.3. The summed E-state index contributed by atoms with van der Waals surface area (Å²) in [6, 6.07) is 17.6. The van der Waals surface area contributed by atoms with Crippen molar-refractivity contribution in [1.29, 1.82) is 0 Å². The van der Waals surface area contributed by atoms with Gasteiger partial charge in [0.1, 0.15) is 11.4 Å². The van der Waals surface area contributed by atoms with Gasteiger partial charge in [0.05, 0.1) is 23.0 Å². The summed E-state index contributed by atoms with van der Waals surface area (Å²) in [5.74, 6) is -0.231. The number of fused-ring (bicyclic) bond motifs is 2. The van der Waals surface area contributed by atoms with E-state index in [1.807, 2.05) is 87.8 Å². The third-order valence-electron chi connectivity index (χ3n) is 9.46. The summed E-state index contributed by atoms with van der Waals surface area (Å²) in [5.41, 5.74) is 6.34. The van der Waals surface area contributed by atoms with Gasteiger partial charge in [-0.1, -0.05) is 54.9 Å². The number of nitrogens with one attached hydrogen (secondary N) is 1. The number of anilines is 2. The average Bonchev–Trinajstić information content (AvgIpc) is 3.67. The van der Waals surface area contributed by atoms with Gasteiger partial charge in [0.2, 0.25) is 0 Å². The second-order valence-electron chi connectivity index (χ2n) is 14.5. The van der Waals surface area contributed by atoms with Crippen molar-refractivity contribution in [3.8, 4) is 11.1 Å². The molecular weight excluding hydrogens is 689 g/mol. The highest BCUT2D eigenvalue weighted by Gasteiger charge is 2.29. The summed E-state index contributed by atoms with van der Waals surface area (Å²) in [5, 5.41) is 8.43. The number of carbonyl (C=O) groups excluding carboxylic acids is 3. The van der Waals surface area contributed by atoms with Gasteiger partial charge in [-0.3, -0.25) is 19.6 Å². The van der Waals surface area contributed by atoms with Crippen molar-refractivity contribution in [2.24, 2.45) is 0 Å². The Kier molecular flexibility index (Phi) is 11.6. The van der Waals surface area contributed by atoms with Gasteiger partial charge in [0.15, 0.2) is 10.8 Å². The van der Waals surface area contributed by atoms with Crippen molar-refractivity contribution >= 4 is 50.3 Å². The Morgan fingerprint density at radius 3 is 2.47 bits per heavy atom. The van der Waals surface area contributed by atoms with Gasteiger partial charge >= 0.3 is 11.9 Å². The van der Waals surface area contributed by atoms with Crippen molar-refractivity contribution in [2.45, 2.75) is 98.3 Å². The number of carbonyl (C=O) groups is 3. The number of hydrogen-bond donors (Lipinski definition) is 1. The van der Waals surface area contributed by atoms with E-state index in [2.05, 4.69) is 21.3 Å². The minimum atomic E-state index is -0.716. The highest BCUT2D eigenvalue weighted by Crippen LogP contribution is 2.34. The molecular formula is C41H48N6O5S. The number of thiazole rings is 1. The van der Waals surface area contributed by atoms with E-state index in [9.17, 15) is 14.4 Å². The van der Waals surface area contributed by atoms with Crippen molar-refractivity contribution in [3.63, 3.8) is 0 Å². The topological polar surface area (TPSA) is 129 Å². The van der Waals surface area contributed by atoms with E-state index >= 15 is 0 Å². The Morgan fingerprint density at radius 1 is 0.925 bits per heavy atom. The van der Waals surface area contributed by atoms with E-state index in [1.165, 1.54) is 18.4 Å². The normalized spacial score (nSPS) is 12.8. The van der Waals surface area contributed by atoms with Crippen molar-refractivity contribution < 1.29 is 23.9 Å². The number of rotatable bonds is 13. The second kappa shape index (κ2) is 16.3. The van der Waals surface area contributed by atoms with Crippen molar-refractivity contribution in [2.75, 3.05) is 23.9 Å². The fraction of sp³-hybridized carbons (Fsp3) is 0.415. The van der Waals surface area contributed by atoms with Crippen LogP contribution in [-0.4, -0.2) is 56.8 Å². The second-order valence-corrected chi connectivity index (χ2v) is 15.5. The van der Waals surface area contributed by atoms with Crippen LogP contribution < -0.4 is 10.2 Å². The number of methoxy groups -OCH3 is 1. The quantitative estimate of drug-likeness (QED) is 0.0935. The summed E-state index contributed by atoms with van der Waals surface area (Å²) >= 11 is 1.45. The summed E-state index contributed by atoms with van der Waals surface area (Å²) in [6.45, 7) is 11.4. The molecule has 1 amide bonds. The lowest BCUT2D eigenvalue weighted by atomic mass is 9.94. The van der Waals surface area contributed by atoms with Gasteiger partial charge in [-0.05, 0) is 95.3 Å². The van der Waals surface area contributed by atoms with Crippen LogP contribution in [0, 0.1) is 13.8 Å². The summed E-state index contributed by atoms with van der Waals surface area (Å²) in [6.07, 6.45) is 6.01. The number of nitrogens with zero attached hydrogens (tertiary/aromatic N) is 5. The molecule has 2 aromatic carbocycles. The Labute approximate surface area is 314 Å². The number of aryl methyl sites for hydroxylation is 2. The maximum absolute atomic E-state index is 13.8. The van der Waals surface area contributed by atoms with Gasteiger partial charge in [-0.2, -0.15) is 5.10 Å². The van der Waals surface area contributed by atoms with Crippen molar-refractivity contribution in [1.82, 2.24) is 19.7 Å². The minimum absolute atomic E-state index is 0.162. The van der Waals surface area contributed by atoms with Gasteiger partial charge in [-0.15, -0.1) is 0 Å². The fourth-order valence-corrected chi connectivity index (χ4v) is 7.72. The smallest absolute Gasteiger partial charge is 0.358 e. The molecule has 6 rings (SSSR count). The molecule has 0 unspecified atom stereocenters. The number of para-hydroxylation sites is 1. The molecule has 1 N–H and O–H groups in total. The number of hydrogen-bond acceptors (Lipinski definition) is 10. The van der Waals surface area contributed by atoms with Gasteiger partial charge in [0, 0.05) is 48.4 Å². The standard InChI is InChI=1S/C41H48N6O5S/c1-26-36(27(2)47(45-26)23-13-9-7-8-10-19-35(48)51-6)30-20-21-34(43-37(30)39(50)52-41(3,4)5)46-24-22-28-15-14-16-29(31(28)25-46)38(49)44-40-42-32-17-11-12-18-33(32)53-40/h11-12,14-18,20-21H,7-10,13,19,22-25H2,1-6H3,(H,42,44,49). The first kappa shape index (κ1) is 37.7. The van der Waals surface area contributed by atoms with Gasteiger partial charge < -0.3 is 14.4 Å². The molecule has 11 nitrogen and oxygen atoms in total. The zero-order valence-electron chi connectivity index (χ0n) is 31.5. The molecule has 0 atom stereocenters. The molecule has 0 radical (unpaired) electrons. The Hall–Kier alpha value is -5.10. The lowest BCUT2D eigenvalue weighted by molar-refractivity contribution is -0.140. The van der Waals surface area contributed by atoms with E-state index in [0.717, 1.165) is 83.4 Å². The summed E-state index contributed by atoms with van der Waals surface area (Å²) in [7, 11) is 1.42.